The minimum absolute atomic E-state index is 0.327. The molecule has 1 aliphatic heterocycles. The fourth-order valence-corrected chi connectivity index (χ4v) is 2.68. The summed E-state index contributed by atoms with van der Waals surface area (Å²) in [7, 11) is 1.79. The van der Waals surface area contributed by atoms with E-state index in [4.69, 9.17) is 15.2 Å². The molecule has 0 radical (unpaired) electrons. The normalized spacial score (nSPS) is 45.7. The third-order valence-electron chi connectivity index (χ3n) is 3.52. The number of fused-ring (bicyclic) bond motifs is 1. The maximum absolute atomic E-state index is 6.10. The van der Waals surface area contributed by atoms with Gasteiger partial charge in [0.2, 0.25) is 0 Å². The van der Waals surface area contributed by atoms with Crippen molar-refractivity contribution in [3.63, 3.8) is 0 Å². The van der Waals surface area contributed by atoms with Gasteiger partial charge in [-0.3, -0.25) is 0 Å². The van der Waals surface area contributed by atoms with Crippen LogP contribution in [0.5, 0.6) is 0 Å². The van der Waals surface area contributed by atoms with Crippen molar-refractivity contribution >= 4 is 0 Å². The molecule has 4 unspecified atom stereocenters. The summed E-state index contributed by atoms with van der Waals surface area (Å²) in [4.78, 5) is 0. The van der Waals surface area contributed by atoms with Crippen molar-refractivity contribution in [3.05, 3.63) is 0 Å². The molecule has 4 atom stereocenters. The van der Waals surface area contributed by atoms with Gasteiger partial charge in [-0.05, 0) is 31.1 Å². The molecule has 13 heavy (non-hydrogen) atoms. The lowest BCUT2D eigenvalue weighted by Gasteiger charge is -2.20. The van der Waals surface area contributed by atoms with Gasteiger partial charge in [-0.1, -0.05) is 0 Å². The molecule has 2 rings (SSSR count). The molecule has 2 fully saturated rings. The van der Waals surface area contributed by atoms with E-state index >= 15 is 0 Å². The van der Waals surface area contributed by atoms with Crippen molar-refractivity contribution < 1.29 is 9.47 Å². The molecule has 0 aromatic heterocycles. The zero-order valence-electron chi connectivity index (χ0n) is 8.24. The van der Waals surface area contributed by atoms with Gasteiger partial charge in [-0.2, -0.15) is 0 Å². The lowest BCUT2D eigenvalue weighted by Crippen LogP contribution is -2.32. The highest BCUT2D eigenvalue weighted by Crippen LogP contribution is 2.37. The predicted molar refractivity (Wildman–Crippen MR) is 50.4 cm³/mol. The maximum atomic E-state index is 6.10. The SMILES string of the molecule is COC1CC2COCCC(N)C2C1. The fourth-order valence-electron chi connectivity index (χ4n) is 2.68. The quantitative estimate of drug-likeness (QED) is 0.656. The van der Waals surface area contributed by atoms with Gasteiger partial charge in [0.25, 0.3) is 0 Å². The minimum Gasteiger partial charge on any atom is -0.381 e. The van der Waals surface area contributed by atoms with Crippen molar-refractivity contribution in [2.24, 2.45) is 17.6 Å². The van der Waals surface area contributed by atoms with Crippen LogP contribution in [-0.2, 0) is 9.47 Å². The molecule has 0 bridgehead atoms. The van der Waals surface area contributed by atoms with E-state index < -0.39 is 0 Å². The van der Waals surface area contributed by atoms with Gasteiger partial charge >= 0.3 is 0 Å². The van der Waals surface area contributed by atoms with E-state index in [1.807, 2.05) is 0 Å². The Hall–Kier alpha value is -0.120. The van der Waals surface area contributed by atoms with Crippen molar-refractivity contribution in [1.29, 1.82) is 0 Å². The zero-order valence-corrected chi connectivity index (χ0v) is 8.24. The molecule has 2 N–H and O–H groups in total. The van der Waals surface area contributed by atoms with Crippen LogP contribution in [0.2, 0.25) is 0 Å². The van der Waals surface area contributed by atoms with Crippen molar-refractivity contribution in [3.8, 4) is 0 Å². The Morgan fingerprint density at radius 1 is 1.38 bits per heavy atom. The van der Waals surface area contributed by atoms with Crippen LogP contribution in [0.3, 0.4) is 0 Å². The molecule has 0 amide bonds. The van der Waals surface area contributed by atoms with E-state index in [9.17, 15) is 0 Å². The van der Waals surface area contributed by atoms with E-state index in [1.54, 1.807) is 7.11 Å². The highest BCUT2D eigenvalue weighted by molar-refractivity contribution is 4.91. The lowest BCUT2D eigenvalue weighted by molar-refractivity contribution is 0.0819. The number of methoxy groups -OCH3 is 1. The van der Waals surface area contributed by atoms with E-state index in [2.05, 4.69) is 0 Å². The van der Waals surface area contributed by atoms with Crippen LogP contribution in [0, 0.1) is 11.8 Å². The van der Waals surface area contributed by atoms with Crippen molar-refractivity contribution in [1.82, 2.24) is 0 Å². The van der Waals surface area contributed by atoms with Gasteiger partial charge in [0.15, 0.2) is 0 Å². The number of ether oxygens (including phenoxy) is 2. The topological polar surface area (TPSA) is 44.5 Å². The van der Waals surface area contributed by atoms with Crippen molar-refractivity contribution in [2.75, 3.05) is 20.3 Å². The second-order valence-corrected chi connectivity index (χ2v) is 4.28. The van der Waals surface area contributed by atoms with Crippen molar-refractivity contribution in [2.45, 2.75) is 31.4 Å². The van der Waals surface area contributed by atoms with Gasteiger partial charge in [-0.25, -0.2) is 0 Å². The second-order valence-electron chi connectivity index (χ2n) is 4.28. The first-order chi connectivity index (χ1) is 6.31. The average molecular weight is 185 g/mol. The molecular weight excluding hydrogens is 166 g/mol. The molecule has 3 nitrogen and oxygen atoms in total. The third-order valence-corrected chi connectivity index (χ3v) is 3.52. The molecule has 1 aliphatic carbocycles. The van der Waals surface area contributed by atoms with Gasteiger partial charge in [0, 0.05) is 26.4 Å². The van der Waals surface area contributed by atoms with Crippen LogP contribution in [0.4, 0.5) is 0 Å². The molecule has 0 spiro atoms. The Kier molecular flexibility index (Phi) is 2.86. The predicted octanol–water partition coefficient (Wildman–Crippen LogP) is 0.775. The molecule has 1 heterocycles. The molecule has 1 saturated heterocycles. The van der Waals surface area contributed by atoms with Crippen LogP contribution in [0.15, 0.2) is 0 Å². The summed E-state index contributed by atoms with van der Waals surface area (Å²) < 4.78 is 10.9. The Morgan fingerprint density at radius 3 is 3.00 bits per heavy atom. The third kappa shape index (κ3) is 1.87. The maximum Gasteiger partial charge on any atom is 0.0578 e. The Morgan fingerprint density at radius 2 is 2.23 bits per heavy atom. The van der Waals surface area contributed by atoms with E-state index in [0.717, 1.165) is 32.5 Å². The highest BCUT2D eigenvalue weighted by Gasteiger charge is 2.38. The van der Waals surface area contributed by atoms with Crippen LogP contribution in [0.1, 0.15) is 19.3 Å². The first kappa shape index (κ1) is 9.44. The fraction of sp³-hybridized carbons (Fsp3) is 1.00. The first-order valence-corrected chi connectivity index (χ1v) is 5.17. The average Bonchev–Trinajstić information content (AvgIpc) is 2.48. The van der Waals surface area contributed by atoms with Gasteiger partial charge < -0.3 is 15.2 Å². The van der Waals surface area contributed by atoms with E-state index in [1.165, 1.54) is 0 Å². The molecule has 3 heteroatoms. The number of hydrogen-bond acceptors (Lipinski definition) is 3. The summed E-state index contributed by atoms with van der Waals surface area (Å²) >= 11 is 0. The summed E-state index contributed by atoms with van der Waals surface area (Å²) in [6, 6.07) is 0.327. The molecule has 1 saturated carbocycles. The second kappa shape index (κ2) is 3.95. The molecular formula is C10H19NO2. The largest absolute Gasteiger partial charge is 0.381 e. The Labute approximate surface area is 79.6 Å². The summed E-state index contributed by atoms with van der Waals surface area (Å²) in [5.74, 6) is 1.27. The number of hydrogen-bond donors (Lipinski definition) is 1. The van der Waals surface area contributed by atoms with Gasteiger partial charge in [0.1, 0.15) is 0 Å². The van der Waals surface area contributed by atoms with Gasteiger partial charge in [0.05, 0.1) is 6.10 Å². The van der Waals surface area contributed by atoms with Gasteiger partial charge in [-0.15, -0.1) is 0 Å². The highest BCUT2D eigenvalue weighted by atomic mass is 16.5. The van der Waals surface area contributed by atoms with Crippen LogP contribution >= 0.6 is 0 Å². The minimum atomic E-state index is 0.327. The number of rotatable bonds is 1. The van der Waals surface area contributed by atoms with E-state index in [-0.39, 0.29) is 0 Å². The van der Waals surface area contributed by atoms with Crippen LogP contribution in [-0.4, -0.2) is 32.5 Å². The summed E-state index contributed by atoms with van der Waals surface area (Å²) in [5, 5.41) is 0. The number of nitrogens with two attached hydrogens (primary N) is 1. The molecule has 2 aliphatic rings. The van der Waals surface area contributed by atoms with Crippen LogP contribution < -0.4 is 5.73 Å². The first-order valence-electron chi connectivity index (χ1n) is 5.17. The summed E-state index contributed by atoms with van der Waals surface area (Å²) in [6.07, 6.45) is 3.70. The molecule has 0 aromatic rings. The Balaban J connectivity index is 2.00. The molecule has 76 valence electrons. The molecule has 0 aromatic carbocycles. The zero-order chi connectivity index (χ0) is 9.26. The smallest absolute Gasteiger partial charge is 0.0578 e. The standard InChI is InChI=1S/C10H19NO2/c1-12-8-4-7-6-13-3-2-10(11)9(7)5-8/h7-10H,2-6,11H2,1H3. The summed E-state index contributed by atoms with van der Waals surface area (Å²) in [6.45, 7) is 1.73. The summed E-state index contributed by atoms with van der Waals surface area (Å²) in [5.41, 5.74) is 6.10. The Bertz CT molecular complexity index is 174. The van der Waals surface area contributed by atoms with E-state index in [0.29, 0.717) is 24.0 Å². The lowest BCUT2D eigenvalue weighted by atomic mass is 9.89. The monoisotopic (exact) mass is 185 g/mol. The van der Waals surface area contributed by atoms with Crippen LogP contribution in [0.25, 0.3) is 0 Å².